The molecule has 0 radical (unpaired) electrons. The molecule has 2 aliphatic heterocycles. The molecular weight excluding hydrogens is 269 g/mol. The van der Waals surface area contributed by atoms with Crippen LogP contribution in [-0.4, -0.2) is 36.1 Å². The minimum Gasteiger partial charge on any atom is -0.465 e. The summed E-state index contributed by atoms with van der Waals surface area (Å²) in [6.45, 7) is 8.53. The Morgan fingerprint density at radius 1 is 1.24 bits per heavy atom. The highest BCUT2D eigenvalue weighted by atomic mass is 16.7. The summed E-state index contributed by atoms with van der Waals surface area (Å²) in [6.07, 6.45) is -0.162. The Hall–Kier alpha value is -1.53. The molecule has 3 rings (SSSR count). The Morgan fingerprint density at radius 3 is 2.43 bits per heavy atom. The van der Waals surface area contributed by atoms with E-state index in [9.17, 15) is 9.90 Å². The van der Waals surface area contributed by atoms with E-state index in [1.807, 2.05) is 45.9 Å². The molecule has 6 heteroatoms. The average molecular weight is 289 g/mol. The smallest absolute Gasteiger partial charge is 0.465 e. The summed E-state index contributed by atoms with van der Waals surface area (Å²) in [5.74, 6) is 0. The lowest BCUT2D eigenvalue weighted by molar-refractivity contribution is 0.00578. The second-order valence-corrected chi connectivity index (χ2v) is 6.66. The number of rotatable bonds is 1. The standard InChI is InChI=1S/C15H20BNO4/c1-14(2)15(3,4)21-16(20-14)11-6-5-10-7-8-17(13(18)19)12(10)9-11/h5-6,9H,7-8H2,1-4H3,(H,18,19). The summed E-state index contributed by atoms with van der Waals surface area (Å²) in [7, 11) is -0.462. The summed E-state index contributed by atoms with van der Waals surface area (Å²) in [4.78, 5) is 12.6. The van der Waals surface area contributed by atoms with Gasteiger partial charge < -0.3 is 14.4 Å². The van der Waals surface area contributed by atoms with E-state index in [2.05, 4.69) is 0 Å². The Balaban J connectivity index is 1.92. The fraction of sp³-hybridized carbons (Fsp3) is 0.533. The number of anilines is 1. The summed E-state index contributed by atoms with van der Waals surface area (Å²) >= 11 is 0. The van der Waals surface area contributed by atoms with Gasteiger partial charge in [0.05, 0.1) is 11.2 Å². The molecule has 1 amide bonds. The molecule has 1 saturated heterocycles. The van der Waals surface area contributed by atoms with Gasteiger partial charge in [-0.1, -0.05) is 12.1 Å². The molecule has 0 aliphatic carbocycles. The number of amides is 1. The van der Waals surface area contributed by atoms with E-state index in [0.717, 1.165) is 23.1 Å². The molecule has 0 unspecified atom stereocenters. The number of carboxylic acid groups (broad SMARTS) is 1. The molecule has 5 nitrogen and oxygen atoms in total. The second-order valence-electron chi connectivity index (χ2n) is 6.66. The van der Waals surface area contributed by atoms with Crippen LogP contribution in [-0.2, 0) is 15.7 Å². The van der Waals surface area contributed by atoms with Crippen molar-refractivity contribution in [3.8, 4) is 0 Å². The van der Waals surface area contributed by atoms with Gasteiger partial charge in [-0.2, -0.15) is 0 Å². The molecule has 0 spiro atoms. The van der Waals surface area contributed by atoms with E-state index in [1.54, 1.807) is 0 Å². The molecule has 1 N–H and O–H groups in total. The maximum absolute atomic E-state index is 11.3. The van der Waals surface area contributed by atoms with Crippen molar-refractivity contribution in [2.45, 2.75) is 45.3 Å². The van der Waals surface area contributed by atoms with Crippen molar-refractivity contribution < 1.29 is 19.2 Å². The van der Waals surface area contributed by atoms with Crippen LogP contribution in [0, 0.1) is 0 Å². The van der Waals surface area contributed by atoms with Crippen molar-refractivity contribution in [3.05, 3.63) is 23.8 Å². The molecule has 1 aromatic rings. The van der Waals surface area contributed by atoms with Crippen LogP contribution in [0.3, 0.4) is 0 Å². The first-order chi connectivity index (χ1) is 9.71. The van der Waals surface area contributed by atoms with Crippen LogP contribution >= 0.6 is 0 Å². The second kappa shape index (κ2) is 4.48. The number of nitrogens with zero attached hydrogens (tertiary/aromatic N) is 1. The SMILES string of the molecule is CC1(C)OB(c2ccc3c(c2)N(C(=O)O)CC3)OC1(C)C. The number of hydrogen-bond donors (Lipinski definition) is 1. The van der Waals surface area contributed by atoms with Crippen molar-refractivity contribution in [1.29, 1.82) is 0 Å². The van der Waals surface area contributed by atoms with Gasteiger partial charge >= 0.3 is 13.2 Å². The molecule has 1 fully saturated rings. The van der Waals surface area contributed by atoms with Crippen molar-refractivity contribution in [2.75, 3.05) is 11.4 Å². The lowest BCUT2D eigenvalue weighted by Gasteiger charge is -2.32. The van der Waals surface area contributed by atoms with Gasteiger partial charge in [0, 0.05) is 12.2 Å². The van der Waals surface area contributed by atoms with Crippen LogP contribution in [0.15, 0.2) is 18.2 Å². The lowest BCUT2D eigenvalue weighted by Crippen LogP contribution is -2.41. The van der Waals surface area contributed by atoms with Gasteiger partial charge in [-0.25, -0.2) is 4.79 Å². The zero-order chi connectivity index (χ0) is 15.4. The summed E-state index contributed by atoms with van der Waals surface area (Å²) in [6, 6.07) is 5.81. The third kappa shape index (κ3) is 2.22. The number of fused-ring (bicyclic) bond motifs is 1. The van der Waals surface area contributed by atoms with Crippen LogP contribution in [0.5, 0.6) is 0 Å². The summed E-state index contributed by atoms with van der Waals surface area (Å²) in [5, 5.41) is 9.25. The summed E-state index contributed by atoms with van der Waals surface area (Å²) in [5.41, 5.74) is 1.86. The van der Waals surface area contributed by atoms with Gasteiger partial charge in [-0.3, -0.25) is 4.90 Å². The van der Waals surface area contributed by atoms with E-state index in [-0.39, 0.29) is 0 Å². The number of carbonyl (C=O) groups is 1. The Bertz CT molecular complexity index is 583. The Kier molecular flexibility index (Phi) is 3.08. The third-order valence-electron chi connectivity index (χ3n) is 4.76. The monoisotopic (exact) mass is 289 g/mol. The van der Waals surface area contributed by atoms with Crippen molar-refractivity contribution >= 4 is 24.4 Å². The van der Waals surface area contributed by atoms with E-state index < -0.39 is 24.4 Å². The topological polar surface area (TPSA) is 59.0 Å². The molecule has 0 atom stereocenters. The molecular formula is C15H20BNO4. The summed E-state index contributed by atoms with van der Waals surface area (Å²) < 4.78 is 12.0. The largest absolute Gasteiger partial charge is 0.494 e. The highest BCUT2D eigenvalue weighted by molar-refractivity contribution is 6.62. The normalized spacial score (nSPS) is 22.5. The quantitative estimate of drug-likeness (QED) is 0.804. The minimum atomic E-state index is -0.917. The van der Waals surface area contributed by atoms with E-state index in [0.29, 0.717) is 6.54 Å². The maximum atomic E-state index is 11.3. The van der Waals surface area contributed by atoms with Gasteiger partial charge in [0.2, 0.25) is 0 Å². The van der Waals surface area contributed by atoms with E-state index in [1.165, 1.54) is 4.90 Å². The highest BCUT2D eigenvalue weighted by Crippen LogP contribution is 2.37. The van der Waals surface area contributed by atoms with Crippen LogP contribution in [0.4, 0.5) is 10.5 Å². The first-order valence-corrected chi connectivity index (χ1v) is 7.20. The van der Waals surface area contributed by atoms with E-state index >= 15 is 0 Å². The molecule has 0 bridgehead atoms. The minimum absolute atomic E-state index is 0.400. The third-order valence-corrected chi connectivity index (χ3v) is 4.76. The van der Waals surface area contributed by atoms with Crippen LogP contribution in [0.1, 0.15) is 33.3 Å². The Labute approximate surface area is 125 Å². The van der Waals surface area contributed by atoms with Gasteiger partial charge in [0.25, 0.3) is 0 Å². The zero-order valence-corrected chi connectivity index (χ0v) is 12.8. The Morgan fingerprint density at radius 2 is 1.86 bits per heavy atom. The van der Waals surface area contributed by atoms with Gasteiger partial charge in [-0.05, 0) is 51.2 Å². The first kappa shape index (κ1) is 14.4. The molecule has 112 valence electrons. The van der Waals surface area contributed by atoms with Crippen molar-refractivity contribution in [2.24, 2.45) is 0 Å². The molecule has 2 heterocycles. The fourth-order valence-electron chi connectivity index (χ4n) is 2.72. The molecule has 1 aromatic carbocycles. The van der Waals surface area contributed by atoms with Crippen LogP contribution in [0.25, 0.3) is 0 Å². The molecule has 0 saturated carbocycles. The maximum Gasteiger partial charge on any atom is 0.494 e. The average Bonchev–Trinajstić information content (AvgIpc) is 2.87. The van der Waals surface area contributed by atoms with E-state index in [4.69, 9.17) is 9.31 Å². The van der Waals surface area contributed by atoms with Crippen LogP contribution in [0.2, 0.25) is 0 Å². The van der Waals surface area contributed by atoms with Crippen LogP contribution < -0.4 is 10.4 Å². The molecule has 0 aromatic heterocycles. The number of hydrogen-bond acceptors (Lipinski definition) is 3. The predicted octanol–water partition coefficient (Wildman–Crippen LogP) is 2.03. The first-order valence-electron chi connectivity index (χ1n) is 7.20. The van der Waals surface area contributed by atoms with Gasteiger partial charge in [0.1, 0.15) is 0 Å². The number of benzene rings is 1. The highest BCUT2D eigenvalue weighted by Gasteiger charge is 2.51. The molecule has 21 heavy (non-hydrogen) atoms. The zero-order valence-electron chi connectivity index (χ0n) is 12.8. The molecule has 2 aliphatic rings. The van der Waals surface area contributed by atoms with Crippen molar-refractivity contribution in [3.63, 3.8) is 0 Å². The predicted molar refractivity (Wildman–Crippen MR) is 81.2 cm³/mol. The fourth-order valence-corrected chi connectivity index (χ4v) is 2.72. The van der Waals surface area contributed by atoms with Crippen molar-refractivity contribution in [1.82, 2.24) is 0 Å². The van der Waals surface area contributed by atoms with Gasteiger partial charge in [-0.15, -0.1) is 0 Å². The lowest BCUT2D eigenvalue weighted by atomic mass is 9.78. The van der Waals surface area contributed by atoms with Gasteiger partial charge in [0.15, 0.2) is 0 Å².